The second-order valence-electron chi connectivity index (χ2n) is 13.1. The number of urea groups is 1. The number of nitrogens with zero attached hydrogens (tertiary/aromatic N) is 1. The number of nitrogens with two attached hydrogens (primary N) is 1. The number of nitrogens with one attached hydrogen (secondary N) is 3. The van der Waals surface area contributed by atoms with Crippen LogP contribution in [0.2, 0.25) is 0 Å². The van der Waals surface area contributed by atoms with Crippen LogP contribution < -0.4 is 21.7 Å². The largest absolute Gasteiger partial charge is 0.363 e. The first-order chi connectivity index (χ1) is 16.9. The summed E-state index contributed by atoms with van der Waals surface area (Å²) in [5.74, 6) is -2.49. The van der Waals surface area contributed by atoms with Crippen molar-refractivity contribution in [2.75, 3.05) is 6.54 Å². The highest BCUT2D eigenvalue weighted by Crippen LogP contribution is 2.34. The summed E-state index contributed by atoms with van der Waals surface area (Å²) in [7, 11) is 0. The Kier molecular flexibility index (Phi) is 9.76. The van der Waals surface area contributed by atoms with E-state index in [1.807, 2.05) is 55.4 Å². The van der Waals surface area contributed by atoms with Crippen LogP contribution >= 0.6 is 0 Å². The van der Waals surface area contributed by atoms with E-state index in [0.717, 1.165) is 19.3 Å². The van der Waals surface area contributed by atoms with Crippen LogP contribution in [0.3, 0.4) is 0 Å². The van der Waals surface area contributed by atoms with Crippen molar-refractivity contribution in [3.05, 3.63) is 0 Å². The summed E-state index contributed by atoms with van der Waals surface area (Å²) in [4.78, 5) is 66.0. The van der Waals surface area contributed by atoms with Gasteiger partial charge in [0.1, 0.15) is 12.1 Å². The Hall–Kier alpha value is -2.65. The van der Waals surface area contributed by atoms with Gasteiger partial charge in [0, 0.05) is 12.1 Å². The number of ketones is 1. The van der Waals surface area contributed by atoms with Crippen molar-refractivity contribution in [2.45, 2.75) is 111 Å². The molecule has 0 aromatic heterocycles. The molecule has 0 radical (unpaired) electrons. The number of carbonyl (C=O) groups is 5. The Balaban J connectivity index is 2.31. The zero-order valence-electron chi connectivity index (χ0n) is 23.8. The van der Waals surface area contributed by atoms with Gasteiger partial charge in [-0.3, -0.25) is 19.2 Å². The zero-order chi connectivity index (χ0) is 28.3. The van der Waals surface area contributed by atoms with Crippen molar-refractivity contribution in [3.8, 4) is 0 Å². The maximum atomic E-state index is 13.9. The van der Waals surface area contributed by atoms with Gasteiger partial charge in [-0.15, -0.1) is 0 Å². The quantitative estimate of drug-likeness (QED) is 0.343. The fraction of sp³-hybridized carbons (Fsp3) is 0.815. The lowest BCUT2D eigenvalue weighted by Crippen LogP contribution is -2.62. The molecule has 1 aliphatic carbocycles. The molecule has 1 unspecified atom stereocenters. The first-order valence-corrected chi connectivity index (χ1v) is 13.5. The molecule has 5 N–H and O–H groups in total. The number of likely N-dealkylation sites (tertiary alicyclic amines) is 1. The van der Waals surface area contributed by atoms with E-state index in [1.165, 1.54) is 4.90 Å². The van der Waals surface area contributed by atoms with E-state index in [0.29, 0.717) is 19.4 Å². The molecule has 2 fully saturated rings. The third kappa shape index (κ3) is 8.17. The van der Waals surface area contributed by atoms with E-state index in [4.69, 9.17) is 5.73 Å². The monoisotopic (exact) mass is 521 g/mol. The number of carbonyl (C=O) groups excluding carboxylic acids is 5. The van der Waals surface area contributed by atoms with Gasteiger partial charge in [0.05, 0.1) is 6.04 Å². The normalized spacial score (nSPS) is 22.1. The minimum Gasteiger partial charge on any atom is -0.363 e. The van der Waals surface area contributed by atoms with E-state index in [-0.39, 0.29) is 23.7 Å². The molecule has 1 aliphatic heterocycles. The summed E-state index contributed by atoms with van der Waals surface area (Å²) in [6, 6.07) is -3.17. The third-order valence-corrected chi connectivity index (χ3v) is 7.40. The minimum absolute atomic E-state index is 0.0932. The second-order valence-corrected chi connectivity index (χ2v) is 13.1. The van der Waals surface area contributed by atoms with Gasteiger partial charge < -0.3 is 26.6 Å². The molecule has 1 saturated heterocycles. The van der Waals surface area contributed by atoms with Crippen molar-refractivity contribution >= 4 is 29.5 Å². The first-order valence-electron chi connectivity index (χ1n) is 13.5. The molecule has 5 amide bonds. The van der Waals surface area contributed by atoms with E-state index in [9.17, 15) is 24.0 Å². The summed E-state index contributed by atoms with van der Waals surface area (Å²) in [5, 5.41) is 8.42. The van der Waals surface area contributed by atoms with Gasteiger partial charge in [-0.05, 0) is 56.8 Å². The molecule has 0 spiro atoms. The second kappa shape index (κ2) is 11.8. The number of rotatable bonds is 9. The number of hydrogen-bond donors (Lipinski definition) is 4. The molecule has 10 nitrogen and oxygen atoms in total. The standard InChI is InChI=1S/C27H47N5O5/c1-15(2)17-12-13-32(24(36)21(26(3,4)5)30-25(37)31-27(6,7)8)19(17)23(35)29-18(20(33)22(28)34)14-16-10-9-11-16/h15-19,21H,9-14H2,1-8H3,(H2,28,34)(H,29,35)(H2,30,31,37)/t17?,18-,19+,21-/m1/s1. The van der Waals surface area contributed by atoms with Crippen LogP contribution in [0.25, 0.3) is 0 Å². The van der Waals surface area contributed by atoms with Crippen LogP contribution in [0.5, 0.6) is 0 Å². The van der Waals surface area contributed by atoms with E-state index >= 15 is 0 Å². The van der Waals surface area contributed by atoms with Crippen LogP contribution in [0.4, 0.5) is 4.79 Å². The van der Waals surface area contributed by atoms with Crippen molar-refractivity contribution in [1.82, 2.24) is 20.9 Å². The molecule has 0 aromatic carbocycles. The molecule has 37 heavy (non-hydrogen) atoms. The van der Waals surface area contributed by atoms with Crippen LogP contribution in [0.15, 0.2) is 0 Å². The smallest absolute Gasteiger partial charge is 0.315 e. The van der Waals surface area contributed by atoms with Crippen molar-refractivity contribution < 1.29 is 24.0 Å². The summed E-state index contributed by atoms with van der Waals surface area (Å²) in [5.41, 5.74) is 4.16. The third-order valence-electron chi connectivity index (χ3n) is 7.40. The Morgan fingerprint density at radius 1 is 0.946 bits per heavy atom. The molecule has 0 bridgehead atoms. The Labute approximate surface area is 221 Å². The fourth-order valence-electron chi connectivity index (χ4n) is 5.14. The van der Waals surface area contributed by atoms with E-state index in [2.05, 4.69) is 16.0 Å². The highest BCUT2D eigenvalue weighted by atomic mass is 16.2. The van der Waals surface area contributed by atoms with E-state index < -0.39 is 52.7 Å². The lowest BCUT2D eigenvalue weighted by molar-refractivity contribution is -0.144. The molecule has 1 heterocycles. The molecule has 4 atom stereocenters. The minimum atomic E-state index is -1.08. The van der Waals surface area contributed by atoms with E-state index in [1.54, 1.807) is 0 Å². The molecule has 10 heteroatoms. The summed E-state index contributed by atoms with van der Waals surface area (Å²) >= 11 is 0. The maximum absolute atomic E-state index is 13.9. The fourth-order valence-corrected chi connectivity index (χ4v) is 5.14. The Morgan fingerprint density at radius 3 is 1.97 bits per heavy atom. The highest BCUT2D eigenvalue weighted by molar-refractivity contribution is 6.37. The average molecular weight is 522 g/mol. The predicted octanol–water partition coefficient (Wildman–Crippen LogP) is 2.10. The number of primary amides is 1. The highest BCUT2D eigenvalue weighted by Gasteiger charge is 2.48. The van der Waals surface area contributed by atoms with Gasteiger partial charge in [-0.2, -0.15) is 0 Å². The van der Waals surface area contributed by atoms with Crippen molar-refractivity contribution in [3.63, 3.8) is 0 Å². The van der Waals surface area contributed by atoms with Crippen molar-refractivity contribution in [1.29, 1.82) is 0 Å². The molecule has 2 rings (SSSR count). The van der Waals surface area contributed by atoms with Crippen LogP contribution in [-0.2, 0) is 19.2 Å². The first kappa shape index (κ1) is 30.6. The number of hydrogen-bond acceptors (Lipinski definition) is 5. The Bertz CT molecular complexity index is 885. The molecule has 210 valence electrons. The Morgan fingerprint density at radius 2 is 1.54 bits per heavy atom. The summed E-state index contributed by atoms with van der Waals surface area (Å²) in [6.45, 7) is 15.5. The van der Waals surface area contributed by atoms with Crippen LogP contribution in [0.1, 0.15) is 87.5 Å². The average Bonchev–Trinajstić information content (AvgIpc) is 3.16. The van der Waals surface area contributed by atoms with Crippen molar-refractivity contribution in [2.24, 2.45) is 28.9 Å². The van der Waals surface area contributed by atoms with Gasteiger partial charge in [-0.25, -0.2) is 4.79 Å². The summed E-state index contributed by atoms with van der Waals surface area (Å²) < 4.78 is 0. The van der Waals surface area contributed by atoms with Gasteiger partial charge in [0.25, 0.3) is 5.91 Å². The zero-order valence-corrected chi connectivity index (χ0v) is 23.8. The van der Waals surface area contributed by atoms with Crippen LogP contribution in [0, 0.1) is 23.2 Å². The maximum Gasteiger partial charge on any atom is 0.315 e. The SMILES string of the molecule is CC(C)C1CCN(C(=O)[C@@H](NC(=O)NC(C)(C)C)C(C)(C)C)[C@@H]1C(=O)N[C@H](CC1CCC1)C(=O)C(N)=O. The van der Waals surface area contributed by atoms with Crippen LogP contribution in [-0.4, -0.2) is 64.6 Å². The predicted molar refractivity (Wildman–Crippen MR) is 141 cm³/mol. The lowest BCUT2D eigenvalue weighted by atomic mass is 9.80. The molecule has 1 saturated carbocycles. The van der Waals surface area contributed by atoms with Gasteiger partial charge >= 0.3 is 6.03 Å². The topological polar surface area (TPSA) is 151 Å². The lowest BCUT2D eigenvalue weighted by Gasteiger charge is -2.37. The summed E-state index contributed by atoms with van der Waals surface area (Å²) in [6.07, 6.45) is 3.91. The molecule has 2 aliphatic rings. The van der Waals surface area contributed by atoms with Gasteiger partial charge in [0.15, 0.2) is 0 Å². The van der Waals surface area contributed by atoms with Gasteiger partial charge in [0.2, 0.25) is 17.6 Å². The number of amides is 5. The molecular formula is C27H47N5O5. The molecular weight excluding hydrogens is 474 g/mol. The molecule has 0 aromatic rings. The number of Topliss-reactive ketones (excluding diaryl/α,β-unsaturated/α-hetero) is 1. The van der Waals surface area contributed by atoms with Gasteiger partial charge in [-0.1, -0.05) is 53.9 Å².